The Hall–Kier alpha value is -1.43. The molecule has 0 bridgehead atoms. The van der Waals surface area contributed by atoms with Crippen molar-refractivity contribution in [3.05, 3.63) is 11.9 Å². The third-order valence-corrected chi connectivity index (χ3v) is 3.42. The van der Waals surface area contributed by atoms with Gasteiger partial charge in [-0.25, -0.2) is 0 Å². The van der Waals surface area contributed by atoms with Gasteiger partial charge in [0.15, 0.2) is 5.69 Å². The molecule has 0 unspecified atom stereocenters. The number of amides is 1. The molecule has 1 N–H and O–H groups in total. The number of rotatable bonds is 4. The summed E-state index contributed by atoms with van der Waals surface area (Å²) in [5, 5.41) is 11.4. The van der Waals surface area contributed by atoms with Crippen LogP contribution in [0.3, 0.4) is 0 Å². The summed E-state index contributed by atoms with van der Waals surface area (Å²) in [6.45, 7) is 5.67. The number of nitrogens with one attached hydrogen (secondary N) is 1. The Morgan fingerprint density at radius 1 is 1.56 bits per heavy atom. The highest BCUT2D eigenvalue weighted by molar-refractivity contribution is 5.91. The van der Waals surface area contributed by atoms with Gasteiger partial charge in [0.1, 0.15) is 0 Å². The highest BCUT2D eigenvalue weighted by Gasteiger charge is 2.22. The zero-order chi connectivity index (χ0) is 13.0. The van der Waals surface area contributed by atoms with E-state index in [0.717, 1.165) is 39.0 Å². The first-order valence-corrected chi connectivity index (χ1v) is 6.57. The number of nitrogens with zero attached hydrogens (tertiary/aromatic N) is 4. The summed E-state index contributed by atoms with van der Waals surface area (Å²) in [7, 11) is 1.72. The first-order valence-electron chi connectivity index (χ1n) is 6.57. The molecular formula is C12H21N5O. The lowest BCUT2D eigenvalue weighted by molar-refractivity contribution is 0.0720. The first kappa shape index (κ1) is 13.0. The molecule has 0 aliphatic carbocycles. The lowest BCUT2D eigenvalue weighted by atomic mass is 9.97. The Morgan fingerprint density at radius 2 is 2.28 bits per heavy atom. The Kier molecular flexibility index (Phi) is 4.30. The quantitative estimate of drug-likeness (QED) is 0.834. The van der Waals surface area contributed by atoms with Crippen LogP contribution in [-0.2, 0) is 7.05 Å². The van der Waals surface area contributed by atoms with Gasteiger partial charge in [0, 0.05) is 20.1 Å². The second-order valence-electron chi connectivity index (χ2n) is 4.76. The van der Waals surface area contributed by atoms with Gasteiger partial charge in [-0.2, -0.15) is 9.90 Å². The average molecular weight is 251 g/mol. The predicted octanol–water partition coefficient (Wildman–Crippen LogP) is 0.277. The molecule has 100 valence electrons. The largest absolute Gasteiger partial charge is 0.337 e. The lowest BCUT2D eigenvalue weighted by Gasteiger charge is -2.28. The van der Waals surface area contributed by atoms with Crippen molar-refractivity contribution in [3.8, 4) is 0 Å². The van der Waals surface area contributed by atoms with Crippen molar-refractivity contribution >= 4 is 5.91 Å². The fourth-order valence-corrected chi connectivity index (χ4v) is 2.34. The molecule has 0 atom stereocenters. The van der Waals surface area contributed by atoms with Gasteiger partial charge in [-0.3, -0.25) is 4.79 Å². The third kappa shape index (κ3) is 3.07. The standard InChI is InChI=1S/C12H21N5O/c1-3-17(9-10-4-6-13-7-5-10)12(18)11-8-14-16(2)15-11/h8,10,13H,3-7,9H2,1-2H3. The molecule has 1 amide bonds. The van der Waals surface area contributed by atoms with E-state index >= 15 is 0 Å². The molecule has 2 rings (SSSR count). The molecule has 2 heterocycles. The number of aryl methyl sites for hydroxylation is 1. The maximum Gasteiger partial charge on any atom is 0.276 e. The van der Waals surface area contributed by atoms with Crippen molar-refractivity contribution in [3.63, 3.8) is 0 Å². The lowest BCUT2D eigenvalue weighted by Crippen LogP contribution is -2.39. The number of hydrogen-bond acceptors (Lipinski definition) is 4. The summed E-state index contributed by atoms with van der Waals surface area (Å²) >= 11 is 0. The van der Waals surface area contributed by atoms with E-state index in [1.54, 1.807) is 7.05 Å². The van der Waals surface area contributed by atoms with Gasteiger partial charge < -0.3 is 10.2 Å². The summed E-state index contributed by atoms with van der Waals surface area (Å²) in [6.07, 6.45) is 3.82. The molecule has 0 saturated carbocycles. The van der Waals surface area contributed by atoms with Crippen LogP contribution in [0.2, 0.25) is 0 Å². The van der Waals surface area contributed by atoms with Gasteiger partial charge in [-0.1, -0.05) is 0 Å². The highest BCUT2D eigenvalue weighted by atomic mass is 16.2. The summed E-state index contributed by atoms with van der Waals surface area (Å²) in [5.74, 6) is 0.593. The second kappa shape index (κ2) is 5.95. The van der Waals surface area contributed by atoms with Crippen LogP contribution in [0, 0.1) is 5.92 Å². The maximum atomic E-state index is 12.3. The highest BCUT2D eigenvalue weighted by Crippen LogP contribution is 2.14. The molecule has 1 aliphatic heterocycles. The number of carbonyl (C=O) groups excluding carboxylic acids is 1. The molecule has 1 aromatic rings. The van der Waals surface area contributed by atoms with Crippen LogP contribution < -0.4 is 5.32 Å². The topological polar surface area (TPSA) is 63.1 Å². The van der Waals surface area contributed by atoms with Gasteiger partial charge in [0.2, 0.25) is 0 Å². The van der Waals surface area contributed by atoms with E-state index in [1.165, 1.54) is 11.0 Å². The van der Waals surface area contributed by atoms with Crippen LogP contribution in [0.4, 0.5) is 0 Å². The number of piperidine rings is 1. The Morgan fingerprint density at radius 3 is 2.83 bits per heavy atom. The predicted molar refractivity (Wildman–Crippen MR) is 68.2 cm³/mol. The molecule has 1 fully saturated rings. The van der Waals surface area contributed by atoms with Gasteiger partial charge in [0.25, 0.3) is 5.91 Å². The van der Waals surface area contributed by atoms with Crippen LogP contribution in [0.1, 0.15) is 30.3 Å². The minimum Gasteiger partial charge on any atom is -0.337 e. The van der Waals surface area contributed by atoms with Crippen molar-refractivity contribution in [2.24, 2.45) is 13.0 Å². The van der Waals surface area contributed by atoms with Crippen molar-refractivity contribution in [1.29, 1.82) is 0 Å². The Bertz CT molecular complexity index is 397. The molecule has 6 heteroatoms. The fourth-order valence-electron chi connectivity index (χ4n) is 2.34. The molecule has 0 radical (unpaired) electrons. The van der Waals surface area contributed by atoms with Gasteiger partial charge in [0.05, 0.1) is 6.20 Å². The van der Waals surface area contributed by atoms with Gasteiger partial charge >= 0.3 is 0 Å². The summed E-state index contributed by atoms with van der Waals surface area (Å²) in [6, 6.07) is 0. The molecule has 0 spiro atoms. The zero-order valence-electron chi connectivity index (χ0n) is 11.1. The smallest absolute Gasteiger partial charge is 0.276 e. The van der Waals surface area contributed by atoms with E-state index in [1.807, 2.05) is 11.8 Å². The summed E-state index contributed by atoms with van der Waals surface area (Å²) in [5.41, 5.74) is 0.438. The molecular weight excluding hydrogens is 230 g/mol. The van der Waals surface area contributed by atoms with Crippen LogP contribution in [0.25, 0.3) is 0 Å². The fraction of sp³-hybridized carbons (Fsp3) is 0.750. The minimum absolute atomic E-state index is 0.0101. The normalized spacial score (nSPS) is 16.8. The van der Waals surface area contributed by atoms with E-state index in [-0.39, 0.29) is 5.91 Å². The Labute approximate surface area is 107 Å². The van der Waals surface area contributed by atoms with Gasteiger partial charge in [-0.15, -0.1) is 5.10 Å². The summed E-state index contributed by atoms with van der Waals surface area (Å²) in [4.78, 5) is 15.6. The first-order chi connectivity index (χ1) is 8.70. The van der Waals surface area contributed by atoms with Crippen LogP contribution >= 0.6 is 0 Å². The molecule has 6 nitrogen and oxygen atoms in total. The third-order valence-electron chi connectivity index (χ3n) is 3.42. The minimum atomic E-state index is -0.0101. The average Bonchev–Trinajstić information content (AvgIpc) is 2.83. The number of aromatic nitrogens is 3. The molecule has 1 aliphatic rings. The van der Waals surface area contributed by atoms with Crippen LogP contribution in [0.15, 0.2) is 6.20 Å². The summed E-state index contributed by atoms with van der Waals surface area (Å²) < 4.78 is 0. The van der Waals surface area contributed by atoms with E-state index in [0.29, 0.717) is 11.6 Å². The van der Waals surface area contributed by atoms with Crippen molar-refractivity contribution in [1.82, 2.24) is 25.2 Å². The molecule has 1 aromatic heterocycles. The van der Waals surface area contributed by atoms with Crippen LogP contribution in [0.5, 0.6) is 0 Å². The SMILES string of the molecule is CCN(CC1CCNCC1)C(=O)c1cnn(C)n1. The maximum absolute atomic E-state index is 12.3. The van der Waals surface area contributed by atoms with E-state index < -0.39 is 0 Å². The van der Waals surface area contributed by atoms with Crippen molar-refractivity contribution in [2.75, 3.05) is 26.2 Å². The monoisotopic (exact) mass is 251 g/mol. The van der Waals surface area contributed by atoms with Crippen molar-refractivity contribution < 1.29 is 4.79 Å². The Balaban J connectivity index is 1.97. The molecule has 18 heavy (non-hydrogen) atoms. The van der Waals surface area contributed by atoms with E-state index in [2.05, 4.69) is 15.5 Å². The van der Waals surface area contributed by atoms with Gasteiger partial charge in [-0.05, 0) is 38.8 Å². The van der Waals surface area contributed by atoms with Crippen LogP contribution in [-0.4, -0.2) is 52.0 Å². The molecule has 1 saturated heterocycles. The number of hydrogen-bond donors (Lipinski definition) is 1. The van der Waals surface area contributed by atoms with E-state index in [4.69, 9.17) is 0 Å². The zero-order valence-corrected chi connectivity index (χ0v) is 11.1. The second-order valence-corrected chi connectivity index (χ2v) is 4.76. The van der Waals surface area contributed by atoms with E-state index in [9.17, 15) is 4.79 Å². The van der Waals surface area contributed by atoms with Crippen molar-refractivity contribution in [2.45, 2.75) is 19.8 Å². The molecule has 0 aromatic carbocycles. The number of carbonyl (C=O) groups is 1.